The van der Waals surface area contributed by atoms with Crippen LogP contribution in [0.2, 0.25) is 0 Å². The third kappa shape index (κ3) is 3.63. The minimum absolute atomic E-state index is 0. The minimum atomic E-state index is -0.590. The van der Waals surface area contributed by atoms with Crippen LogP contribution in [0, 0.1) is 6.92 Å². The van der Waals surface area contributed by atoms with Crippen molar-refractivity contribution in [2.24, 2.45) is 0 Å². The van der Waals surface area contributed by atoms with E-state index in [2.05, 4.69) is 16.7 Å². The Morgan fingerprint density at radius 3 is 2.87 bits per heavy atom. The van der Waals surface area contributed by atoms with E-state index in [9.17, 15) is 9.59 Å². The molecule has 1 aliphatic heterocycles. The molecule has 6 heteroatoms. The molecule has 1 aliphatic rings. The average Bonchev–Trinajstić information content (AvgIpc) is 2.54. The van der Waals surface area contributed by atoms with Gasteiger partial charge in [0.25, 0.3) is 5.91 Å². The van der Waals surface area contributed by atoms with Gasteiger partial charge < -0.3 is 15.1 Å². The highest BCUT2D eigenvalue weighted by atomic mass is 35.5. The molecule has 0 fully saturated rings. The van der Waals surface area contributed by atoms with Gasteiger partial charge in [0.05, 0.1) is 0 Å². The number of amides is 1. The summed E-state index contributed by atoms with van der Waals surface area (Å²) in [5.41, 5.74) is 1.84. The van der Waals surface area contributed by atoms with Gasteiger partial charge in [-0.2, -0.15) is 0 Å². The molecule has 0 saturated carbocycles. The lowest BCUT2D eigenvalue weighted by Crippen LogP contribution is -2.32. The van der Waals surface area contributed by atoms with Crippen molar-refractivity contribution in [2.45, 2.75) is 13.3 Å². The van der Waals surface area contributed by atoms with Crippen LogP contribution >= 0.6 is 12.4 Å². The molecule has 0 bridgehead atoms. The Hall–Kier alpha value is -2.11. The normalized spacial score (nSPS) is 14.0. The van der Waals surface area contributed by atoms with E-state index in [1.54, 1.807) is 19.1 Å². The lowest BCUT2D eigenvalue weighted by molar-refractivity contribution is 0.0952. The maximum Gasteiger partial charge on any atom is 0.349 e. The molecule has 0 unspecified atom stereocenters. The summed E-state index contributed by atoms with van der Waals surface area (Å²) in [7, 11) is 0. The molecule has 2 N–H and O–H groups in total. The summed E-state index contributed by atoms with van der Waals surface area (Å²) in [5, 5.41) is 6.82. The second-order valence-corrected chi connectivity index (χ2v) is 5.38. The molecule has 23 heavy (non-hydrogen) atoms. The summed E-state index contributed by atoms with van der Waals surface area (Å²) in [6.45, 7) is 3.98. The maximum atomic E-state index is 12.4. The first-order chi connectivity index (χ1) is 10.7. The fourth-order valence-corrected chi connectivity index (χ4v) is 2.68. The highest BCUT2D eigenvalue weighted by Gasteiger charge is 2.18. The van der Waals surface area contributed by atoms with E-state index in [-0.39, 0.29) is 23.9 Å². The first-order valence-electron chi connectivity index (χ1n) is 7.36. The lowest BCUT2D eigenvalue weighted by Gasteiger charge is -2.15. The third-order valence-corrected chi connectivity index (χ3v) is 3.93. The third-order valence-electron chi connectivity index (χ3n) is 3.93. The number of hydrogen-bond donors (Lipinski definition) is 2. The molecule has 0 saturated heterocycles. The van der Waals surface area contributed by atoms with Crippen LogP contribution in [0.3, 0.4) is 0 Å². The van der Waals surface area contributed by atoms with Crippen LogP contribution in [0.5, 0.6) is 0 Å². The molecule has 0 radical (unpaired) electrons. The standard InChI is InChI=1S/C17H18N2O3.ClH/c1-11-13-4-2-3-5-14(13)22-17(21)15(11)16(20)19-10-12-6-8-18-9-7-12;/h2-6,18H,7-10H2,1H3,(H,19,20);1H. The Morgan fingerprint density at radius 1 is 1.35 bits per heavy atom. The van der Waals surface area contributed by atoms with Gasteiger partial charge in [0, 0.05) is 18.5 Å². The lowest BCUT2D eigenvalue weighted by atomic mass is 10.1. The predicted molar refractivity (Wildman–Crippen MR) is 92.4 cm³/mol. The zero-order chi connectivity index (χ0) is 15.5. The molecule has 3 rings (SSSR count). The molecule has 1 aromatic carbocycles. The summed E-state index contributed by atoms with van der Waals surface area (Å²) in [6.07, 6.45) is 2.98. The van der Waals surface area contributed by atoms with Gasteiger partial charge >= 0.3 is 5.63 Å². The fraction of sp³-hybridized carbons (Fsp3) is 0.294. The van der Waals surface area contributed by atoms with Crippen LogP contribution in [0.15, 0.2) is 45.1 Å². The van der Waals surface area contributed by atoms with Gasteiger partial charge in [-0.1, -0.05) is 29.8 Å². The number of para-hydroxylation sites is 1. The van der Waals surface area contributed by atoms with Crippen molar-refractivity contribution < 1.29 is 9.21 Å². The molecule has 5 nitrogen and oxygen atoms in total. The average molecular weight is 335 g/mol. The van der Waals surface area contributed by atoms with Gasteiger partial charge in [0.15, 0.2) is 0 Å². The minimum Gasteiger partial charge on any atom is -0.422 e. The molecule has 0 atom stereocenters. The predicted octanol–water partition coefficient (Wildman–Crippen LogP) is 2.17. The van der Waals surface area contributed by atoms with Crippen molar-refractivity contribution >= 4 is 29.3 Å². The summed E-state index contributed by atoms with van der Waals surface area (Å²) in [6, 6.07) is 7.23. The maximum absolute atomic E-state index is 12.4. The first kappa shape index (κ1) is 17.2. The second kappa shape index (κ2) is 7.44. The van der Waals surface area contributed by atoms with Crippen LogP contribution in [0.4, 0.5) is 0 Å². The Kier molecular flexibility index (Phi) is 5.58. The molecular formula is C17H19ClN2O3. The Bertz CT molecular complexity index is 811. The van der Waals surface area contributed by atoms with Gasteiger partial charge in [-0.25, -0.2) is 4.79 Å². The van der Waals surface area contributed by atoms with Crippen molar-refractivity contribution in [2.75, 3.05) is 19.6 Å². The number of carbonyl (C=O) groups excluding carboxylic acids is 1. The summed E-state index contributed by atoms with van der Waals surface area (Å²) >= 11 is 0. The van der Waals surface area contributed by atoms with E-state index in [1.807, 2.05) is 12.1 Å². The van der Waals surface area contributed by atoms with Crippen LogP contribution in [-0.2, 0) is 0 Å². The van der Waals surface area contributed by atoms with E-state index in [0.717, 1.165) is 24.9 Å². The van der Waals surface area contributed by atoms with E-state index in [1.165, 1.54) is 5.57 Å². The number of hydrogen-bond acceptors (Lipinski definition) is 4. The quantitative estimate of drug-likeness (QED) is 0.666. The van der Waals surface area contributed by atoms with Gasteiger partial charge in [-0.15, -0.1) is 12.4 Å². The fourth-order valence-electron chi connectivity index (χ4n) is 2.68. The number of fused-ring (bicyclic) bond motifs is 1. The summed E-state index contributed by atoms with van der Waals surface area (Å²) in [4.78, 5) is 24.5. The number of benzene rings is 1. The molecular weight excluding hydrogens is 316 g/mol. The molecule has 1 amide bonds. The molecule has 1 aromatic heterocycles. The highest BCUT2D eigenvalue weighted by molar-refractivity contribution is 5.99. The van der Waals surface area contributed by atoms with Crippen molar-refractivity contribution in [3.8, 4) is 0 Å². The van der Waals surface area contributed by atoms with E-state index >= 15 is 0 Å². The van der Waals surface area contributed by atoms with Gasteiger partial charge in [-0.3, -0.25) is 4.79 Å². The van der Waals surface area contributed by atoms with Crippen LogP contribution in [0.25, 0.3) is 11.0 Å². The summed E-state index contributed by atoms with van der Waals surface area (Å²) in [5.74, 6) is -0.378. The van der Waals surface area contributed by atoms with Gasteiger partial charge in [0.1, 0.15) is 11.1 Å². The first-order valence-corrected chi connectivity index (χ1v) is 7.36. The topological polar surface area (TPSA) is 71.3 Å². The number of rotatable bonds is 3. The number of nitrogens with one attached hydrogen (secondary N) is 2. The smallest absolute Gasteiger partial charge is 0.349 e. The zero-order valence-corrected chi connectivity index (χ0v) is 13.7. The van der Waals surface area contributed by atoms with Crippen molar-refractivity contribution in [1.29, 1.82) is 0 Å². The van der Waals surface area contributed by atoms with Crippen molar-refractivity contribution in [1.82, 2.24) is 10.6 Å². The Labute approximate surface area is 140 Å². The van der Waals surface area contributed by atoms with Gasteiger partial charge in [-0.05, 0) is 31.5 Å². The highest BCUT2D eigenvalue weighted by Crippen LogP contribution is 2.18. The van der Waals surface area contributed by atoms with Gasteiger partial charge in [0.2, 0.25) is 0 Å². The molecule has 122 valence electrons. The van der Waals surface area contributed by atoms with E-state index in [4.69, 9.17) is 4.42 Å². The molecule has 2 heterocycles. The van der Waals surface area contributed by atoms with Crippen molar-refractivity contribution in [3.05, 3.63) is 57.5 Å². The molecule has 0 spiro atoms. The zero-order valence-electron chi connectivity index (χ0n) is 12.8. The van der Waals surface area contributed by atoms with E-state index < -0.39 is 5.63 Å². The number of aryl methyl sites for hydroxylation is 1. The van der Waals surface area contributed by atoms with Crippen molar-refractivity contribution in [3.63, 3.8) is 0 Å². The number of carbonyl (C=O) groups is 1. The Balaban J connectivity index is 0.00000192. The van der Waals surface area contributed by atoms with Crippen LogP contribution < -0.4 is 16.3 Å². The SMILES string of the molecule is Cc1c(C(=O)NCC2=CCNCC2)c(=O)oc2ccccc12.Cl. The van der Waals surface area contributed by atoms with Crippen LogP contribution in [-0.4, -0.2) is 25.5 Å². The van der Waals surface area contributed by atoms with E-state index in [0.29, 0.717) is 17.7 Å². The largest absolute Gasteiger partial charge is 0.422 e. The second-order valence-electron chi connectivity index (χ2n) is 5.38. The van der Waals surface area contributed by atoms with Crippen LogP contribution in [0.1, 0.15) is 22.3 Å². The number of halogens is 1. The Morgan fingerprint density at radius 2 is 2.13 bits per heavy atom. The molecule has 0 aliphatic carbocycles. The summed E-state index contributed by atoms with van der Waals surface area (Å²) < 4.78 is 5.25. The monoisotopic (exact) mass is 334 g/mol. The molecule has 2 aromatic rings.